The van der Waals surface area contributed by atoms with Gasteiger partial charge in [-0.1, -0.05) is 31.9 Å². The van der Waals surface area contributed by atoms with Crippen LogP contribution in [-0.2, 0) is 4.79 Å². The Morgan fingerprint density at radius 3 is 2.50 bits per heavy atom. The molecule has 0 heterocycles. The predicted molar refractivity (Wildman–Crippen MR) is 40.0 cm³/mol. The molecule has 1 unspecified atom stereocenters. The monoisotopic (exact) mass is 242 g/mol. The predicted octanol–water partition coefficient (Wildman–Crippen LogP) is 1.05. The van der Waals surface area contributed by atoms with Gasteiger partial charge < -0.3 is 5.32 Å². The molecule has 0 rings (SSSR count). The first-order valence-electron chi connectivity index (χ1n) is 1.99. The lowest BCUT2D eigenvalue weighted by atomic mass is 10.5. The summed E-state index contributed by atoms with van der Waals surface area (Å²) in [5.41, 5.74) is 0. The molecule has 1 amide bonds. The molecule has 1 N–H and O–H groups in total. The van der Waals surface area contributed by atoms with Gasteiger partial charge >= 0.3 is 0 Å². The van der Waals surface area contributed by atoms with Crippen LogP contribution in [0.1, 0.15) is 0 Å². The highest BCUT2D eigenvalue weighted by Gasteiger charge is 2.09. The van der Waals surface area contributed by atoms with Crippen molar-refractivity contribution >= 4 is 37.8 Å². The van der Waals surface area contributed by atoms with Gasteiger partial charge in [0.2, 0.25) is 5.91 Å². The van der Waals surface area contributed by atoms with Gasteiger partial charge in [0.15, 0.2) is 0 Å². The molecule has 0 saturated heterocycles. The zero-order chi connectivity index (χ0) is 6.57. The molecule has 0 aliphatic rings. The Kier molecular flexibility index (Phi) is 4.56. The van der Waals surface area contributed by atoms with Crippen molar-refractivity contribution < 1.29 is 4.79 Å². The van der Waals surface area contributed by atoms with Crippen LogP contribution >= 0.6 is 31.9 Å². The van der Waals surface area contributed by atoms with Gasteiger partial charge in [0.05, 0.1) is 0 Å². The summed E-state index contributed by atoms with van der Waals surface area (Å²) < 4.78 is 0. The number of alkyl halides is 2. The van der Waals surface area contributed by atoms with Gasteiger partial charge in [-0.15, -0.1) is 0 Å². The van der Waals surface area contributed by atoms with Crippen LogP contribution < -0.4 is 5.32 Å². The molecule has 8 heavy (non-hydrogen) atoms. The van der Waals surface area contributed by atoms with Crippen LogP contribution in [0, 0.1) is 7.05 Å². The summed E-state index contributed by atoms with van der Waals surface area (Å²) in [6, 6.07) is 0. The molecule has 0 spiro atoms. The van der Waals surface area contributed by atoms with Gasteiger partial charge in [-0.2, -0.15) is 0 Å². The highest BCUT2D eigenvalue weighted by molar-refractivity contribution is 9.12. The van der Waals surface area contributed by atoms with E-state index in [4.69, 9.17) is 0 Å². The average molecular weight is 244 g/mol. The maximum atomic E-state index is 10.5. The zero-order valence-electron chi connectivity index (χ0n) is 4.16. The molecule has 1 atom stereocenters. The Morgan fingerprint density at radius 2 is 2.38 bits per heavy atom. The molecule has 0 aliphatic carbocycles. The van der Waals surface area contributed by atoms with Crippen LogP contribution in [0.4, 0.5) is 0 Å². The van der Waals surface area contributed by atoms with E-state index in [2.05, 4.69) is 44.2 Å². The molecule has 0 fully saturated rings. The van der Waals surface area contributed by atoms with E-state index in [0.29, 0.717) is 5.33 Å². The van der Waals surface area contributed by atoms with E-state index >= 15 is 0 Å². The van der Waals surface area contributed by atoms with E-state index < -0.39 is 0 Å². The normalized spacial score (nSPS) is 12.9. The second-order valence-electron chi connectivity index (χ2n) is 1.16. The van der Waals surface area contributed by atoms with Gasteiger partial charge in [0.1, 0.15) is 4.83 Å². The fourth-order valence-corrected chi connectivity index (χ4v) is 0.637. The van der Waals surface area contributed by atoms with E-state index in [1.165, 1.54) is 0 Å². The number of hydrogen-bond acceptors (Lipinski definition) is 1. The number of amides is 1. The topological polar surface area (TPSA) is 29.1 Å². The third-order valence-corrected chi connectivity index (χ3v) is 2.85. The Bertz CT molecular complexity index is 86.1. The lowest BCUT2D eigenvalue weighted by molar-refractivity contribution is -0.119. The minimum Gasteiger partial charge on any atom is -0.353 e. The quantitative estimate of drug-likeness (QED) is 0.722. The van der Waals surface area contributed by atoms with Crippen LogP contribution in [0.15, 0.2) is 0 Å². The summed E-state index contributed by atoms with van der Waals surface area (Å²) in [4.78, 5) is 10.3. The number of rotatable bonds is 2. The van der Waals surface area contributed by atoms with Gasteiger partial charge in [-0.25, -0.2) is 0 Å². The third kappa shape index (κ3) is 2.67. The molecule has 0 saturated carbocycles. The van der Waals surface area contributed by atoms with Gasteiger partial charge in [0.25, 0.3) is 0 Å². The number of nitrogens with one attached hydrogen (secondary N) is 1. The Morgan fingerprint density at radius 1 is 1.88 bits per heavy atom. The van der Waals surface area contributed by atoms with Gasteiger partial charge in [-0.3, -0.25) is 4.79 Å². The first-order valence-corrected chi connectivity index (χ1v) is 4.03. The molecule has 0 aromatic carbocycles. The maximum absolute atomic E-state index is 10.5. The fraction of sp³-hybridized carbons (Fsp3) is 0.500. The van der Waals surface area contributed by atoms with E-state index in [0.717, 1.165) is 0 Å². The van der Waals surface area contributed by atoms with Crippen molar-refractivity contribution in [3.8, 4) is 0 Å². The summed E-state index contributed by atoms with van der Waals surface area (Å²) in [5.74, 6) is -0.109. The molecule has 0 aliphatic heterocycles. The summed E-state index contributed by atoms with van der Waals surface area (Å²) in [6.45, 7) is 0. The summed E-state index contributed by atoms with van der Waals surface area (Å²) in [5, 5.41) is 2.86. The minimum atomic E-state index is -0.167. The Labute approximate surface area is 65.3 Å². The molecule has 47 valence electrons. The molecule has 1 radical (unpaired) electrons. The van der Waals surface area contributed by atoms with Gasteiger partial charge in [0, 0.05) is 12.4 Å². The fourth-order valence-electron chi connectivity index (χ4n) is 0.181. The highest BCUT2D eigenvalue weighted by Crippen LogP contribution is 2.02. The second-order valence-corrected chi connectivity index (χ2v) is 2.92. The first-order chi connectivity index (χ1) is 3.72. The van der Waals surface area contributed by atoms with Crippen molar-refractivity contribution in [2.75, 3.05) is 5.33 Å². The smallest absolute Gasteiger partial charge is 0.234 e. The lowest BCUT2D eigenvalue weighted by Gasteiger charge is -2.00. The molecule has 2 nitrogen and oxygen atoms in total. The van der Waals surface area contributed by atoms with E-state index in [1.807, 2.05) is 0 Å². The Balaban J connectivity index is 3.46. The van der Waals surface area contributed by atoms with Crippen molar-refractivity contribution in [2.45, 2.75) is 4.83 Å². The molecular weight excluding hydrogens is 238 g/mol. The van der Waals surface area contributed by atoms with Crippen LogP contribution in [0.3, 0.4) is 0 Å². The van der Waals surface area contributed by atoms with Crippen molar-refractivity contribution in [3.05, 3.63) is 7.05 Å². The standard InChI is InChI=1S/C4H6Br2NO/c1-7-4(8)3(6)2-5/h3H,1-2H2,(H,7,8). The summed E-state index contributed by atoms with van der Waals surface area (Å²) >= 11 is 6.22. The summed E-state index contributed by atoms with van der Waals surface area (Å²) in [7, 11) is 3.20. The van der Waals surface area contributed by atoms with Gasteiger partial charge in [-0.05, 0) is 0 Å². The molecule has 0 bridgehead atoms. The minimum absolute atomic E-state index is 0.109. The molecule has 4 heteroatoms. The molecule has 0 aromatic rings. The van der Waals surface area contributed by atoms with Crippen LogP contribution in [-0.4, -0.2) is 16.1 Å². The SMILES string of the molecule is [CH2]NC(=O)C(Br)CBr. The number of carbonyl (C=O) groups excluding carboxylic acids is 1. The van der Waals surface area contributed by atoms with Crippen LogP contribution in [0.5, 0.6) is 0 Å². The average Bonchev–Trinajstić information content (AvgIpc) is 1.84. The largest absolute Gasteiger partial charge is 0.353 e. The first kappa shape index (κ1) is 8.43. The molecule has 0 aromatic heterocycles. The van der Waals surface area contributed by atoms with Crippen LogP contribution in [0.25, 0.3) is 0 Å². The third-order valence-electron chi connectivity index (χ3n) is 0.594. The zero-order valence-corrected chi connectivity index (χ0v) is 7.33. The van der Waals surface area contributed by atoms with Crippen molar-refractivity contribution in [1.82, 2.24) is 5.32 Å². The van der Waals surface area contributed by atoms with Crippen molar-refractivity contribution in [3.63, 3.8) is 0 Å². The van der Waals surface area contributed by atoms with E-state index in [9.17, 15) is 4.79 Å². The number of carbonyl (C=O) groups is 1. The summed E-state index contributed by atoms with van der Waals surface area (Å²) in [6.07, 6.45) is 0. The number of hydrogen-bond donors (Lipinski definition) is 1. The second kappa shape index (κ2) is 4.32. The lowest BCUT2D eigenvalue weighted by Crippen LogP contribution is -2.26. The van der Waals surface area contributed by atoms with Crippen LogP contribution in [0.2, 0.25) is 0 Å². The Hall–Kier alpha value is 0.430. The van der Waals surface area contributed by atoms with E-state index in [1.54, 1.807) is 0 Å². The number of halogens is 2. The maximum Gasteiger partial charge on any atom is 0.234 e. The highest BCUT2D eigenvalue weighted by atomic mass is 79.9. The van der Waals surface area contributed by atoms with E-state index in [-0.39, 0.29) is 10.7 Å². The van der Waals surface area contributed by atoms with Crippen molar-refractivity contribution in [1.29, 1.82) is 0 Å². The molecular formula is C4H6Br2NO. The van der Waals surface area contributed by atoms with Crippen molar-refractivity contribution in [2.24, 2.45) is 0 Å².